The van der Waals surface area contributed by atoms with Crippen LogP contribution in [0.2, 0.25) is 0 Å². The molecule has 0 aliphatic heterocycles. The zero-order valence-electron chi connectivity index (χ0n) is 18.5. The van der Waals surface area contributed by atoms with Crippen LogP contribution >= 0.6 is 7.37 Å². The molecule has 0 aliphatic rings. The SMILES string of the molecule is CCCCCCCCc1cnc(CC(C(=O)OC(C)(C)C)P(C)(=O)OCC)o1. The molecule has 0 N–H and O–H groups in total. The number of esters is 1. The number of aryl methyl sites for hydroxylation is 1. The number of oxazole rings is 1. The van der Waals surface area contributed by atoms with Gasteiger partial charge in [-0.25, -0.2) is 4.98 Å². The van der Waals surface area contributed by atoms with Crippen LogP contribution in [0.4, 0.5) is 0 Å². The molecule has 28 heavy (non-hydrogen) atoms. The third-order valence-electron chi connectivity index (χ3n) is 4.38. The average Bonchev–Trinajstić information content (AvgIpc) is 3.01. The van der Waals surface area contributed by atoms with Crippen molar-refractivity contribution in [1.82, 2.24) is 4.98 Å². The number of ether oxygens (including phenoxy) is 1. The Balaban J connectivity index is 2.72. The summed E-state index contributed by atoms with van der Waals surface area (Å²) in [6.07, 6.45) is 9.91. The smallest absolute Gasteiger partial charge is 0.319 e. The molecule has 2 unspecified atom stereocenters. The molecule has 0 bridgehead atoms. The first-order chi connectivity index (χ1) is 13.1. The van der Waals surface area contributed by atoms with Crippen molar-refractivity contribution in [2.75, 3.05) is 13.3 Å². The van der Waals surface area contributed by atoms with Gasteiger partial charge in [0.25, 0.3) is 0 Å². The Morgan fingerprint density at radius 1 is 1.18 bits per heavy atom. The van der Waals surface area contributed by atoms with E-state index in [1.165, 1.54) is 38.8 Å². The minimum atomic E-state index is -3.21. The summed E-state index contributed by atoms with van der Waals surface area (Å²) in [5, 5.41) is 0. The van der Waals surface area contributed by atoms with Crippen molar-refractivity contribution in [3.63, 3.8) is 0 Å². The third-order valence-corrected chi connectivity index (χ3v) is 6.67. The number of nitrogens with zero attached hydrogens (tertiary/aromatic N) is 1. The van der Waals surface area contributed by atoms with Crippen molar-refractivity contribution in [2.24, 2.45) is 0 Å². The summed E-state index contributed by atoms with van der Waals surface area (Å²) in [5.41, 5.74) is -1.59. The quantitative estimate of drug-likeness (QED) is 0.231. The van der Waals surface area contributed by atoms with E-state index >= 15 is 0 Å². The number of aromatic nitrogens is 1. The van der Waals surface area contributed by atoms with Gasteiger partial charge in [0.2, 0.25) is 7.37 Å². The molecular formula is C21H38NO5P. The molecule has 0 saturated heterocycles. The van der Waals surface area contributed by atoms with E-state index in [9.17, 15) is 9.36 Å². The minimum absolute atomic E-state index is 0.110. The zero-order valence-corrected chi connectivity index (χ0v) is 19.3. The molecule has 1 aromatic heterocycles. The molecule has 1 rings (SSSR count). The standard InChI is InChI=1S/C21H38NO5P/c1-7-9-10-11-12-13-14-17-16-22-19(26-17)15-18(28(6,24)25-8-2)20(23)27-21(3,4)5/h16,18H,7-15H2,1-6H3. The Kier molecular flexibility index (Phi) is 10.5. The molecule has 1 aromatic rings. The van der Waals surface area contributed by atoms with Gasteiger partial charge in [-0.15, -0.1) is 0 Å². The molecule has 0 fully saturated rings. The molecule has 162 valence electrons. The largest absolute Gasteiger partial charge is 0.459 e. The van der Waals surface area contributed by atoms with Crippen LogP contribution in [-0.4, -0.2) is 35.5 Å². The lowest BCUT2D eigenvalue weighted by Crippen LogP contribution is -2.33. The van der Waals surface area contributed by atoms with Crippen molar-refractivity contribution in [3.8, 4) is 0 Å². The van der Waals surface area contributed by atoms with E-state index < -0.39 is 24.6 Å². The minimum Gasteiger partial charge on any atom is -0.459 e. The first kappa shape index (κ1) is 24.9. The van der Waals surface area contributed by atoms with Crippen LogP contribution < -0.4 is 0 Å². The van der Waals surface area contributed by atoms with Gasteiger partial charge in [-0.2, -0.15) is 0 Å². The van der Waals surface area contributed by atoms with Crippen LogP contribution in [0.5, 0.6) is 0 Å². The second-order valence-corrected chi connectivity index (χ2v) is 11.0. The molecule has 6 nitrogen and oxygen atoms in total. The predicted molar refractivity (Wildman–Crippen MR) is 112 cm³/mol. The number of carbonyl (C=O) groups excluding carboxylic acids is 1. The van der Waals surface area contributed by atoms with Crippen molar-refractivity contribution >= 4 is 13.3 Å². The molecule has 0 spiro atoms. The molecule has 0 radical (unpaired) electrons. The van der Waals surface area contributed by atoms with Gasteiger partial charge in [-0.1, -0.05) is 39.0 Å². The fourth-order valence-corrected chi connectivity index (χ4v) is 4.58. The second-order valence-electron chi connectivity index (χ2n) is 8.32. The molecule has 1 heterocycles. The van der Waals surface area contributed by atoms with Crippen LogP contribution in [-0.2, 0) is 31.5 Å². The lowest BCUT2D eigenvalue weighted by molar-refractivity contribution is -0.154. The first-order valence-electron chi connectivity index (χ1n) is 10.5. The van der Waals surface area contributed by atoms with E-state index in [0.717, 1.165) is 18.6 Å². The van der Waals surface area contributed by atoms with E-state index in [1.807, 2.05) is 0 Å². The van der Waals surface area contributed by atoms with Crippen molar-refractivity contribution < 1.29 is 23.0 Å². The van der Waals surface area contributed by atoms with Gasteiger partial charge in [0.1, 0.15) is 17.0 Å². The molecule has 0 amide bonds. The number of hydrogen-bond donors (Lipinski definition) is 0. The van der Waals surface area contributed by atoms with Gasteiger partial charge < -0.3 is 13.7 Å². The van der Waals surface area contributed by atoms with E-state index in [-0.39, 0.29) is 13.0 Å². The van der Waals surface area contributed by atoms with Crippen LogP contribution in [0, 0.1) is 0 Å². The molecule has 0 aliphatic carbocycles. The van der Waals surface area contributed by atoms with E-state index in [2.05, 4.69) is 11.9 Å². The number of rotatable bonds is 13. The molecule has 2 atom stereocenters. The molecule has 7 heteroatoms. The zero-order chi connectivity index (χ0) is 21.2. The highest BCUT2D eigenvalue weighted by atomic mass is 31.2. The second kappa shape index (κ2) is 11.8. The monoisotopic (exact) mass is 415 g/mol. The summed E-state index contributed by atoms with van der Waals surface area (Å²) in [4.78, 5) is 16.9. The van der Waals surface area contributed by atoms with Crippen molar-refractivity contribution in [1.29, 1.82) is 0 Å². The maximum atomic E-state index is 13.0. The summed E-state index contributed by atoms with van der Waals surface area (Å²) >= 11 is 0. The Bertz CT molecular complexity index is 635. The van der Waals surface area contributed by atoms with Gasteiger partial charge in [-0.3, -0.25) is 9.36 Å². The highest BCUT2D eigenvalue weighted by molar-refractivity contribution is 7.60. The van der Waals surface area contributed by atoms with Crippen LogP contribution in [0.1, 0.15) is 84.8 Å². The summed E-state index contributed by atoms with van der Waals surface area (Å²) in [7, 11) is -3.21. The lowest BCUT2D eigenvalue weighted by Gasteiger charge is -2.26. The maximum Gasteiger partial charge on any atom is 0.319 e. The summed E-state index contributed by atoms with van der Waals surface area (Å²) < 4.78 is 29.6. The number of carbonyl (C=O) groups is 1. The first-order valence-corrected chi connectivity index (χ1v) is 12.6. The normalized spacial score (nSPS) is 15.2. The number of unbranched alkanes of at least 4 members (excludes halogenated alkanes) is 5. The van der Waals surface area contributed by atoms with Gasteiger partial charge in [0.15, 0.2) is 5.89 Å². The summed E-state index contributed by atoms with van der Waals surface area (Å²) in [6, 6.07) is 0. The van der Waals surface area contributed by atoms with Crippen LogP contribution in [0.25, 0.3) is 0 Å². The van der Waals surface area contributed by atoms with Crippen molar-refractivity contribution in [2.45, 2.75) is 97.2 Å². The van der Waals surface area contributed by atoms with Gasteiger partial charge in [-0.05, 0) is 34.1 Å². The lowest BCUT2D eigenvalue weighted by atomic mass is 10.1. The van der Waals surface area contributed by atoms with Crippen molar-refractivity contribution in [3.05, 3.63) is 17.8 Å². The summed E-state index contributed by atoms with van der Waals surface area (Å²) in [5.74, 6) is 0.664. The van der Waals surface area contributed by atoms with E-state index in [0.29, 0.717) is 5.89 Å². The average molecular weight is 416 g/mol. The highest BCUT2D eigenvalue weighted by Crippen LogP contribution is 2.50. The van der Waals surface area contributed by atoms with Crippen LogP contribution in [0.3, 0.4) is 0 Å². The maximum absolute atomic E-state index is 13.0. The molecule has 0 saturated carbocycles. The highest BCUT2D eigenvalue weighted by Gasteiger charge is 2.39. The van der Waals surface area contributed by atoms with E-state index in [4.69, 9.17) is 13.7 Å². The van der Waals surface area contributed by atoms with Gasteiger partial charge >= 0.3 is 5.97 Å². The topological polar surface area (TPSA) is 78.6 Å². The third kappa shape index (κ3) is 9.38. The fraction of sp³-hybridized carbons (Fsp3) is 0.810. The van der Waals surface area contributed by atoms with Gasteiger partial charge in [0.05, 0.1) is 12.8 Å². The Labute approximate surface area is 170 Å². The van der Waals surface area contributed by atoms with Crippen LogP contribution in [0.15, 0.2) is 10.6 Å². The molecule has 0 aromatic carbocycles. The fourth-order valence-electron chi connectivity index (χ4n) is 2.96. The predicted octanol–water partition coefficient (Wildman–Crippen LogP) is 5.77. The Hall–Kier alpha value is -1.13. The Morgan fingerprint density at radius 2 is 1.82 bits per heavy atom. The Morgan fingerprint density at radius 3 is 2.43 bits per heavy atom. The molecular weight excluding hydrogens is 377 g/mol. The number of hydrogen-bond acceptors (Lipinski definition) is 6. The summed E-state index contributed by atoms with van der Waals surface area (Å²) in [6.45, 7) is 11.1. The van der Waals surface area contributed by atoms with Gasteiger partial charge in [0, 0.05) is 19.5 Å². The van der Waals surface area contributed by atoms with E-state index in [1.54, 1.807) is 33.9 Å².